The number of likely N-dealkylation sites (tertiary alicyclic amines) is 1. The lowest BCUT2D eigenvalue weighted by atomic mass is 10.0. The monoisotopic (exact) mass is 450 g/mol. The highest BCUT2D eigenvalue weighted by atomic mass is 16.5. The van der Waals surface area contributed by atoms with Gasteiger partial charge in [0.15, 0.2) is 0 Å². The van der Waals surface area contributed by atoms with Gasteiger partial charge in [0.25, 0.3) is 0 Å². The largest absolute Gasteiger partial charge is 0.491 e. The smallest absolute Gasteiger partial charge is 0.226 e. The van der Waals surface area contributed by atoms with Gasteiger partial charge in [-0.2, -0.15) is 5.26 Å². The van der Waals surface area contributed by atoms with Gasteiger partial charge in [-0.05, 0) is 66.6 Å². The van der Waals surface area contributed by atoms with Crippen LogP contribution in [0.25, 0.3) is 11.1 Å². The van der Waals surface area contributed by atoms with Crippen molar-refractivity contribution in [2.24, 2.45) is 5.92 Å². The lowest BCUT2D eigenvalue weighted by Gasteiger charge is -2.25. The normalized spacial score (nSPS) is 17.4. The molecule has 4 rings (SSSR count). The van der Waals surface area contributed by atoms with Crippen LogP contribution in [0.15, 0.2) is 91.5 Å². The van der Waals surface area contributed by atoms with Gasteiger partial charge in [-0.15, -0.1) is 6.58 Å². The Bertz CT molecular complexity index is 1130. The zero-order valence-corrected chi connectivity index (χ0v) is 19.4. The molecular weight excluding hydrogens is 420 g/mol. The summed E-state index contributed by atoms with van der Waals surface area (Å²) in [6.45, 7) is 5.06. The Morgan fingerprint density at radius 1 is 1.00 bits per heavy atom. The molecule has 1 aliphatic rings. The Labute approximate surface area is 202 Å². The van der Waals surface area contributed by atoms with Crippen LogP contribution in [0.4, 0.5) is 0 Å². The van der Waals surface area contributed by atoms with Crippen molar-refractivity contribution >= 4 is 5.91 Å². The van der Waals surface area contributed by atoms with E-state index in [2.05, 4.69) is 36.9 Å². The molecule has 0 unspecified atom stereocenters. The van der Waals surface area contributed by atoms with Gasteiger partial charge in [0.1, 0.15) is 12.4 Å². The van der Waals surface area contributed by atoms with Crippen LogP contribution in [0.5, 0.6) is 5.75 Å². The van der Waals surface area contributed by atoms with Crippen molar-refractivity contribution in [3.8, 4) is 22.9 Å². The number of benzene rings is 3. The molecule has 1 amide bonds. The van der Waals surface area contributed by atoms with Crippen molar-refractivity contribution in [2.75, 3.05) is 13.2 Å². The predicted octanol–water partition coefficient (Wildman–Crippen LogP) is 6.03. The van der Waals surface area contributed by atoms with E-state index in [1.807, 2.05) is 65.6 Å². The maximum absolute atomic E-state index is 13.0. The fourth-order valence-corrected chi connectivity index (χ4v) is 4.59. The highest BCUT2D eigenvalue weighted by Crippen LogP contribution is 2.29. The first-order valence-corrected chi connectivity index (χ1v) is 11.9. The number of ether oxygens (including phenoxy) is 1. The van der Waals surface area contributed by atoms with Crippen LogP contribution in [0.1, 0.15) is 30.4 Å². The number of allylic oxidation sites excluding steroid dienone is 1. The summed E-state index contributed by atoms with van der Waals surface area (Å²) in [4.78, 5) is 15.0. The second-order valence-corrected chi connectivity index (χ2v) is 8.76. The number of hydrogen-bond donors (Lipinski definition) is 0. The summed E-state index contributed by atoms with van der Waals surface area (Å²) in [5.74, 6) is 1.01. The lowest BCUT2D eigenvalue weighted by Crippen LogP contribution is -2.38. The summed E-state index contributed by atoms with van der Waals surface area (Å²) in [7, 11) is 0. The second kappa shape index (κ2) is 11.3. The van der Waals surface area contributed by atoms with Crippen LogP contribution in [0, 0.1) is 17.2 Å². The van der Waals surface area contributed by atoms with Crippen molar-refractivity contribution in [1.82, 2.24) is 4.90 Å². The Balaban J connectivity index is 1.36. The first kappa shape index (κ1) is 23.3. The van der Waals surface area contributed by atoms with E-state index in [-0.39, 0.29) is 17.9 Å². The highest BCUT2D eigenvalue weighted by molar-refractivity contribution is 5.81. The van der Waals surface area contributed by atoms with Gasteiger partial charge in [-0.25, -0.2) is 0 Å². The zero-order valence-electron chi connectivity index (χ0n) is 19.4. The van der Waals surface area contributed by atoms with Crippen LogP contribution in [-0.4, -0.2) is 30.0 Å². The van der Waals surface area contributed by atoms with Gasteiger partial charge in [0.2, 0.25) is 5.91 Å². The van der Waals surface area contributed by atoms with Crippen LogP contribution >= 0.6 is 0 Å². The second-order valence-electron chi connectivity index (χ2n) is 8.76. The van der Waals surface area contributed by atoms with Crippen molar-refractivity contribution < 1.29 is 9.53 Å². The van der Waals surface area contributed by atoms with E-state index >= 15 is 0 Å². The molecule has 3 aromatic rings. The molecule has 0 bridgehead atoms. The molecule has 172 valence electrons. The third-order valence-corrected chi connectivity index (χ3v) is 6.43. The molecule has 0 aliphatic carbocycles. The lowest BCUT2D eigenvalue weighted by molar-refractivity contribution is -0.132. The predicted molar refractivity (Wildman–Crippen MR) is 135 cm³/mol. The van der Waals surface area contributed by atoms with Crippen molar-refractivity contribution in [2.45, 2.75) is 31.7 Å². The quantitative estimate of drug-likeness (QED) is 0.354. The Morgan fingerprint density at radius 2 is 1.68 bits per heavy atom. The molecule has 34 heavy (non-hydrogen) atoms. The van der Waals surface area contributed by atoms with Gasteiger partial charge in [-0.1, -0.05) is 60.7 Å². The molecule has 1 aliphatic heterocycles. The SMILES string of the molecule is C=CC[C@H]1C[C@H](COc2ccc(-c3ccc(C#N)cc3)cc2)N(CCCc2ccccc2)C1=O. The van der Waals surface area contributed by atoms with Gasteiger partial charge in [-0.3, -0.25) is 4.79 Å². The summed E-state index contributed by atoms with van der Waals surface area (Å²) in [6.07, 6.45) is 5.26. The molecule has 4 nitrogen and oxygen atoms in total. The average molecular weight is 451 g/mol. The van der Waals surface area contributed by atoms with E-state index in [1.54, 1.807) is 0 Å². The standard InChI is InChI=1S/C30H30N2O2/c1-2-7-27-20-28(32(30(27)33)19-6-10-23-8-4-3-5-9-23)22-34-29-17-15-26(16-18-29)25-13-11-24(21-31)12-14-25/h2-5,8-9,11-18,27-28H,1,6-7,10,19-20,22H2/t27-,28+/m0/s1. The number of carbonyl (C=O) groups is 1. The van der Waals surface area contributed by atoms with Crippen LogP contribution in [-0.2, 0) is 11.2 Å². The topological polar surface area (TPSA) is 53.3 Å². The number of hydrogen-bond acceptors (Lipinski definition) is 3. The number of nitrogens with zero attached hydrogens (tertiary/aromatic N) is 2. The molecule has 1 heterocycles. The maximum atomic E-state index is 13.0. The number of rotatable bonds is 10. The van der Waals surface area contributed by atoms with Crippen molar-refractivity contribution in [1.29, 1.82) is 5.26 Å². The first-order valence-electron chi connectivity index (χ1n) is 11.9. The number of carbonyl (C=O) groups excluding carboxylic acids is 1. The molecular formula is C30H30N2O2. The van der Waals surface area contributed by atoms with E-state index in [0.29, 0.717) is 18.6 Å². The van der Waals surface area contributed by atoms with Crippen LogP contribution in [0.3, 0.4) is 0 Å². The fourth-order valence-electron chi connectivity index (χ4n) is 4.59. The molecule has 1 fully saturated rings. The summed E-state index contributed by atoms with van der Waals surface area (Å²) in [6, 6.07) is 28.1. The van der Waals surface area contributed by atoms with Crippen LogP contribution < -0.4 is 4.74 Å². The van der Waals surface area contributed by atoms with E-state index in [1.165, 1.54) is 5.56 Å². The third kappa shape index (κ3) is 5.74. The van der Waals surface area contributed by atoms with E-state index in [4.69, 9.17) is 10.00 Å². The molecule has 2 atom stereocenters. The van der Waals surface area contributed by atoms with E-state index in [0.717, 1.165) is 42.7 Å². The first-order chi connectivity index (χ1) is 16.7. The van der Waals surface area contributed by atoms with Gasteiger partial charge in [0.05, 0.1) is 17.7 Å². The van der Waals surface area contributed by atoms with Gasteiger partial charge in [0, 0.05) is 12.5 Å². The Kier molecular flexibility index (Phi) is 7.78. The minimum Gasteiger partial charge on any atom is -0.491 e. The highest BCUT2D eigenvalue weighted by Gasteiger charge is 2.38. The summed E-state index contributed by atoms with van der Waals surface area (Å²) >= 11 is 0. The molecule has 0 saturated carbocycles. The van der Waals surface area contributed by atoms with E-state index < -0.39 is 0 Å². The number of amides is 1. The molecule has 0 aromatic heterocycles. The average Bonchev–Trinajstić information content (AvgIpc) is 3.18. The zero-order chi connectivity index (χ0) is 23.8. The van der Waals surface area contributed by atoms with Gasteiger partial charge < -0.3 is 9.64 Å². The Hall–Kier alpha value is -3.84. The molecule has 1 saturated heterocycles. The Morgan fingerprint density at radius 3 is 2.32 bits per heavy atom. The number of nitriles is 1. The minimum absolute atomic E-state index is 0.00147. The van der Waals surface area contributed by atoms with Gasteiger partial charge >= 0.3 is 0 Å². The molecule has 0 spiro atoms. The van der Waals surface area contributed by atoms with Crippen molar-refractivity contribution in [3.05, 3.63) is 103 Å². The molecule has 0 radical (unpaired) electrons. The number of aryl methyl sites for hydroxylation is 1. The summed E-state index contributed by atoms with van der Waals surface area (Å²) in [5.41, 5.74) is 4.08. The summed E-state index contributed by atoms with van der Waals surface area (Å²) < 4.78 is 6.12. The third-order valence-electron chi connectivity index (χ3n) is 6.43. The van der Waals surface area contributed by atoms with Crippen LogP contribution in [0.2, 0.25) is 0 Å². The molecule has 0 N–H and O–H groups in total. The van der Waals surface area contributed by atoms with Crippen molar-refractivity contribution in [3.63, 3.8) is 0 Å². The maximum Gasteiger partial charge on any atom is 0.226 e. The minimum atomic E-state index is 0.00147. The molecule has 4 heteroatoms. The molecule has 3 aromatic carbocycles. The summed E-state index contributed by atoms with van der Waals surface area (Å²) in [5, 5.41) is 8.97. The fraction of sp³-hybridized carbons (Fsp3) is 0.267. The van der Waals surface area contributed by atoms with E-state index in [9.17, 15) is 4.79 Å².